The van der Waals surface area contributed by atoms with Gasteiger partial charge in [-0.15, -0.1) is 0 Å². The summed E-state index contributed by atoms with van der Waals surface area (Å²) in [6.07, 6.45) is 0.688. The van der Waals surface area contributed by atoms with Gasteiger partial charge in [0.05, 0.1) is 18.1 Å². The second-order valence-corrected chi connectivity index (χ2v) is 6.74. The first-order valence-corrected chi connectivity index (χ1v) is 8.44. The van der Waals surface area contributed by atoms with Gasteiger partial charge in [0, 0.05) is 11.5 Å². The van der Waals surface area contributed by atoms with E-state index in [0.29, 0.717) is 12.2 Å². The molecule has 2 aliphatic rings. The van der Waals surface area contributed by atoms with Crippen molar-refractivity contribution >= 4 is 23.5 Å². The lowest BCUT2D eigenvalue weighted by Crippen LogP contribution is -2.55. The fourth-order valence-electron chi connectivity index (χ4n) is 3.29. The Morgan fingerprint density at radius 1 is 1.33 bits per heavy atom. The summed E-state index contributed by atoms with van der Waals surface area (Å²) in [4.78, 5) is 26.7. The maximum absolute atomic E-state index is 12.9. The van der Waals surface area contributed by atoms with Crippen LogP contribution in [0.2, 0.25) is 0 Å². The van der Waals surface area contributed by atoms with Gasteiger partial charge in [-0.1, -0.05) is 24.3 Å². The number of benzene rings is 1. The summed E-state index contributed by atoms with van der Waals surface area (Å²) in [6.45, 7) is 1.59. The van der Waals surface area contributed by atoms with E-state index in [4.69, 9.17) is 0 Å². The van der Waals surface area contributed by atoms with Gasteiger partial charge in [-0.3, -0.25) is 9.59 Å². The van der Waals surface area contributed by atoms with Crippen molar-refractivity contribution < 1.29 is 9.59 Å². The van der Waals surface area contributed by atoms with E-state index >= 15 is 0 Å². The van der Waals surface area contributed by atoms with Gasteiger partial charge in [-0.05, 0) is 31.5 Å². The van der Waals surface area contributed by atoms with E-state index in [0.717, 1.165) is 5.75 Å². The number of hydrogen-bond donors (Lipinski definition) is 1. The molecular formula is C16H20N2O2S. The van der Waals surface area contributed by atoms with E-state index in [1.165, 1.54) is 11.1 Å². The molecule has 3 rings (SSSR count). The van der Waals surface area contributed by atoms with Crippen LogP contribution < -0.4 is 5.32 Å². The molecule has 1 unspecified atom stereocenters. The normalized spacial score (nSPS) is 28.6. The number of rotatable bonds is 2. The molecule has 2 aliphatic heterocycles. The van der Waals surface area contributed by atoms with E-state index < -0.39 is 0 Å². The third kappa shape index (κ3) is 2.49. The van der Waals surface area contributed by atoms with Crippen molar-refractivity contribution in [2.24, 2.45) is 0 Å². The summed E-state index contributed by atoms with van der Waals surface area (Å²) in [5, 5.41) is 3.12. The Morgan fingerprint density at radius 3 is 2.81 bits per heavy atom. The minimum Gasteiger partial charge on any atom is -0.323 e. The average molecular weight is 304 g/mol. The third-order valence-electron chi connectivity index (χ3n) is 4.43. The molecule has 0 spiro atoms. The molecular weight excluding hydrogens is 284 g/mol. The molecule has 1 amide bonds. The quantitative estimate of drug-likeness (QED) is 0.897. The summed E-state index contributed by atoms with van der Waals surface area (Å²) in [7, 11) is 1.81. The van der Waals surface area contributed by atoms with Crippen LogP contribution >= 0.6 is 11.8 Å². The van der Waals surface area contributed by atoms with Gasteiger partial charge < -0.3 is 10.2 Å². The van der Waals surface area contributed by atoms with E-state index in [1.807, 2.05) is 24.1 Å². The van der Waals surface area contributed by atoms with Crippen LogP contribution in [0.5, 0.6) is 0 Å². The third-order valence-corrected chi connectivity index (χ3v) is 5.53. The van der Waals surface area contributed by atoms with Crippen LogP contribution in [0.4, 0.5) is 0 Å². The summed E-state index contributed by atoms with van der Waals surface area (Å²) < 4.78 is 0. The summed E-state index contributed by atoms with van der Waals surface area (Å²) in [5.74, 6) is 1.70. The van der Waals surface area contributed by atoms with Gasteiger partial charge in [0.25, 0.3) is 0 Å². The van der Waals surface area contributed by atoms with Crippen molar-refractivity contribution in [3.63, 3.8) is 0 Å². The molecule has 1 N–H and O–H groups in total. The SMILES string of the molecule is CN[C@H]1Cc2ccccc2C2CSC[C@@H](C(C)=O)N2C1=O. The molecule has 0 bridgehead atoms. The Bertz CT molecular complexity index is 575. The molecule has 0 aromatic heterocycles. The minimum absolute atomic E-state index is 0.0136. The van der Waals surface area contributed by atoms with E-state index in [9.17, 15) is 9.59 Å². The first-order chi connectivity index (χ1) is 10.1. The van der Waals surface area contributed by atoms with Crippen LogP contribution in [0.1, 0.15) is 24.1 Å². The van der Waals surface area contributed by atoms with Crippen LogP contribution in [0.3, 0.4) is 0 Å². The lowest BCUT2D eigenvalue weighted by Gasteiger charge is -2.41. The van der Waals surface area contributed by atoms with E-state index in [1.54, 1.807) is 18.7 Å². The smallest absolute Gasteiger partial charge is 0.241 e. The maximum Gasteiger partial charge on any atom is 0.241 e. The molecule has 0 saturated carbocycles. The molecule has 1 saturated heterocycles. The lowest BCUT2D eigenvalue weighted by atomic mass is 9.98. The van der Waals surface area contributed by atoms with Crippen molar-refractivity contribution in [1.82, 2.24) is 10.2 Å². The highest BCUT2D eigenvalue weighted by Gasteiger charge is 2.42. The Labute approximate surface area is 129 Å². The highest BCUT2D eigenvalue weighted by atomic mass is 32.2. The highest BCUT2D eigenvalue weighted by molar-refractivity contribution is 7.99. The van der Waals surface area contributed by atoms with Crippen molar-refractivity contribution in [2.75, 3.05) is 18.6 Å². The van der Waals surface area contributed by atoms with Gasteiger partial charge >= 0.3 is 0 Å². The molecule has 2 heterocycles. The average Bonchev–Trinajstić information content (AvgIpc) is 2.62. The number of Topliss-reactive ketones (excluding diaryl/α,β-unsaturated/α-hetero) is 1. The predicted molar refractivity (Wildman–Crippen MR) is 84.4 cm³/mol. The van der Waals surface area contributed by atoms with Gasteiger partial charge in [0.15, 0.2) is 5.78 Å². The monoisotopic (exact) mass is 304 g/mol. The van der Waals surface area contributed by atoms with Gasteiger partial charge in [0.1, 0.15) is 0 Å². The Kier molecular flexibility index (Phi) is 4.04. The zero-order valence-electron chi connectivity index (χ0n) is 12.3. The number of likely N-dealkylation sites (N-methyl/N-ethyl adjacent to an activating group) is 1. The number of amides is 1. The number of fused-ring (bicyclic) bond motifs is 3. The zero-order valence-corrected chi connectivity index (χ0v) is 13.2. The topological polar surface area (TPSA) is 49.4 Å². The number of hydrogen-bond acceptors (Lipinski definition) is 4. The standard InChI is InChI=1S/C16H20N2O2S/c1-10(19)14-8-21-9-15-12-6-4-3-5-11(12)7-13(17-2)16(20)18(14)15/h3-6,13-15,17H,7-9H2,1-2H3/t13-,14-,15?/m0/s1. The Hall–Kier alpha value is -1.33. The fourth-order valence-corrected chi connectivity index (χ4v) is 4.61. The molecule has 4 nitrogen and oxygen atoms in total. The minimum atomic E-state index is -0.303. The molecule has 21 heavy (non-hydrogen) atoms. The first-order valence-electron chi connectivity index (χ1n) is 7.29. The second-order valence-electron chi connectivity index (χ2n) is 5.67. The number of nitrogens with one attached hydrogen (secondary N) is 1. The van der Waals surface area contributed by atoms with Crippen molar-refractivity contribution in [3.8, 4) is 0 Å². The van der Waals surface area contributed by atoms with E-state index in [2.05, 4.69) is 17.4 Å². The van der Waals surface area contributed by atoms with Gasteiger partial charge in [0.2, 0.25) is 5.91 Å². The largest absolute Gasteiger partial charge is 0.323 e. The van der Waals surface area contributed by atoms with Crippen LogP contribution in [0, 0.1) is 0 Å². The lowest BCUT2D eigenvalue weighted by molar-refractivity contribution is -0.142. The van der Waals surface area contributed by atoms with Crippen LogP contribution in [0.15, 0.2) is 24.3 Å². The number of carbonyl (C=O) groups excluding carboxylic acids is 2. The molecule has 1 aromatic rings. The second kappa shape index (κ2) is 5.81. The molecule has 3 atom stereocenters. The summed E-state index contributed by atoms with van der Waals surface area (Å²) in [6, 6.07) is 7.69. The Morgan fingerprint density at radius 2 is 2.10 bits per heavy atom. The van der Waals surface area contributed by atoms with Crippen LogP contribution in [0.25, 0.3) is 0 Å². The fraction of sp³-hybridized carbons (Fsp3) is 0.500. The summed E-state index contributed by atoms with van der Waals surface area (Å²) in [5.41, 5.74) is 2.41. The molecule has 0 aliphatic carbocycles. The number of carbonyl (C=O) groups is 2. The van der Waals surface area contributed by atoms with Crippen molar-refractivity contribution in [3.05, 3.63) is 35.4 Å². The van der Waals surface area contributed by atoms with Crippen LogP contribution in [-0.4, -0.2) is 47.2 Å². The van der Waals surface area contributed by atoms with Gasteiger partial charge in [-0.25, -0.2) is 0 Å². The number of thioether (sulfide) groups is 1. The zero-order chi connectivity index (χ0) is 15.0. The highest BCUT2D eigenvalue weighted by Crippen LogP contribution is 2.37. The number of nitrogens with zero attached hydrogens (tertiary/aromatic N) is 1. The van der Waals surface area contributed by atoms with Crippen molar-refractivity contribution in [1.29, 1.82) is 0 Å². The summed E-state index contributed by atoms with van der Waals surface area (Å²) >= 11 is 1.77. The van der Waals surface area contributed by atoms with E-state index in [-0.39, 0.29) is 29.8 Å². The molecule has 1 aromatic carbocycles. The molecule has 1 fully saturated rings. The molecule has 112 valence electrons. The molecule has 0 radical (unpaired) electrons. The predicted octanol–water partition coefficient (Wildman–Crippen LogP) is 1.40. The maximum atomic E-state index is 12.9. The number of ketones is 1. The van der Waals surface area contributed by atoms with Crippen LogP contribution in [-0.2, 0) is 16.0 Å². The van der Waals surface area contributed by atoms with Crippen molar-refractivity contribution in [2.45, 2.75) is 31.5 Å². The molecule has 5 heteroatoms. The first kappa shape index (κ1) is 14.6. The Balaban J connectivity index is 2.10. The van der Waals surface area contributed by atoms with Gasteiger partial charge in [-0.2, -0.15) is 11.8 Å².